The Morgan fingerprint density at radius 1 is 1.30 bits per heavy atom. The fourth-order valence-electron chi connectivity index (χ4n) is 2.42. The van der Waals surface area contributed by atoms with Gasteiger partial charge in [-0.25, -0.2) is 8.42 Å². The number of nitrogens with zero attached hydrogens (tertiary/aromatic N) is 1. The van der Waals surface area contributed by atoms with Crippen molar-refractivity contribution in [3.05, 3.63) is 29.3 Å². The van der Waals surface area contributed by atoms with E-state index in [0.717, 1.165) is 11.1 Å². The van der Waals surface area contributed by atoms with E-state index < -0.39 is 15.9 Å². The number of nitrogens with two attached hydrogens (primary N) is 1. The van der Waals surface area contributed by atoms with E-state index in [4.69, 9.17) is 5.73 Å². The van der Waals surface area contributed by atoms with Crippen molar-refractivity contribution in [2.45, 2.75) is 31.6 Å². The predicted molar refractivity (Wildman–Crippen MR) is 76.6 cm³/mol. The van der Waals surface area contributed by atoms with Crippen LogP contribution in [0.2, 0.25) is 0 Å². The highest BCUT2D eigenvalue weighted by molar-refractivity contribution is 7.89. The fourth-order valence-corrected chi connectivity index (χ4v) is 4.03. The molecule has 0 aromatic heterocycles. The van der Waals surface area contributed by atoms with E-state index >= 15 is 0 Å². The standard InChI is InChI=1S/C14H20N2O3S/c1-10-5-6-13(8-11(10)2)20(18,19)16-7-3-4-12(9-16)14(15)17/h5-6,8,12H,3-4,7,9H2,1-2H3,(H2,15,17). The number of rotatable bonds is 3. The van der Waals surface area contributed by atoms with Crippen molar-refractivity contribution >= 4 is 15.9 Å². The molecule has 0 spiro atoms. The van der Waals surface area contributed by atoms with E-state index in [1.807, 2.05) is 13.8 Å². The Morgan fingerprint density at radius 3 is 2.60 bits per heavy atom. The minimum Gasteiger partial charge on any atom is -0.369 e. The molecule has 1 aromatic rings. The Balaban J connectivity index is 2.29. The van der Waals surface area contributed by atoms with Crippen LogP contribution in [-0.4, -0.2) is 31.7 Å². The van der Waals surface area contributed by atoms with Gasteiger partial charge >= 0.3 is 0 Å². The molecule has 6 heteroatoms. The molecule has 2 rings (SSSR count). The fraction of sp³-hybridized carbons (Fsp3) is 0.500. The van der Waals surface area contributed by atoms with Gasteiger partial charge in [-0.2, -0.15) is 4.31 Å². The van der Waals surface area contributed by atoms with Gasteiger partial charge in [0.2, 0.25) is 15.9 Å². The van der Waals surface area contributed by atoms with Crippen molar-refractivity contribution in [2.24, 2.45) is 11.7 Å². The lowest BCUT2D eigenvalue weighted by molar-refractivity contribution is -0.122. The molecule has 5 nitrogen and oxygen atoms in total. The summed E-state index contributed by atoms with van der Waals surface area (Å²) in [6.45, 7) is 4.45. The van der Waals surface area contributed by atoms with E-state index in [0.29, 0.717) is 19.4 Å². The SMILES string of the molecule is Cc1ccc(S(=O)(=O)N2CCCC(C(N)=O)C2)cc1C. The lowest BCUT2D eigenvalue weighted by Gasteiger charge is -2.30. The summed E-state index contributed by atoms with van der Waals surface area (Å²) < 4.78 is 26.6. The second kappa shape index (κ2) is 5.54. The monoisotopic (exact) mass is 296 g/mol. The van der Waals surface area contributed by atoms with Crippen molar-refractivity contribution < 1.29 is 13.2 Å². The predicted octanol–water partition coefficient (Wildman–Crippen LogP) is 1.19. The van der Waals surface area contributed by atoms with Crippen molar-refractivity contribution in [3.63, 3.8) is 0 Å². The van der Waals surface area contributed by atoms with Gasteiger partial charge in [0.1, 0.15) is 0 Å². The lowest BCUT2D eigenvalue weighted by atomic mass is 9.99. The zero-order chi connectivity index (χ0) is 14.9. The number of benzene rings is 1. The number of piperidine rings is 1. The van der Waals surface area contributed by atoms with E-state index in [-0.39, 0.29) is 17.4 Å². The first kappa shape index (κ1) is 15.0. The number of primary amides is 1. The van der Waals surface area contributed by atoms with Crippen LogP contribution in [0, 0.1) is 19.8 Å². The molecule has 1 fully saturated rings. The van der Waals surface area contributed by atoms with Crippen molar-refractivity contribution in [1.29, 1.82) is 0 Å². The number of carbonyl (C=O) groups excluding carboxylic acids is 1. The number of hydrogen-bond acceptors (Lipinski definition) is 3. The van der Waals surface area contributed by atoms with Gasteiger partial charge in [-0.15, -0.1) is 0 Å². The van der Waals surface area contributed by atoms with Crippen LogP contribution in [0.25, 0.3) is 0 Å². The van der Waals surface area contributed by atoms with Crippen LogP contribution >= 0.6 is 0 Å². The Hall–Kier alpha value is -1.40. The average molecular weight is 296 g/mol. The number of aryl methyl sites for hydroxylation is 2. The van der Waals surface area contributed by atoms with Crippen molar-refractivity contribution in [3.8, 4) is 0 Å². The summed E-state index contributed by atoms with van der Waals surface area (Å²) >= 11 is 0. The third-order valence-corrected chi connectivity index (χ3v) is 5.76. The summed E-state index contributed by atoms with van der Waals surface area (Å²) in [5.41, 5.74) is 7.29. The molecule has 1 atom stereocenters. The zero-order valence-electron chi connectivity index (χ0n) is 11.8. The third-order valence-electron chi connectivity index (χ3n) is 3.90. The molecule has 1 aliphatic heterocycles. The maximum Gasteiger partial charge on any atom is 0.243 e. The molecule has 0 radical (unpaired) electrons. The van der Waals surface area contributed by atoms with Crippen LogP contribution < -0.4 is 5.73 Å². The minimum absolute atomic E-state index is 0.185. The highest BCUT2D eigenvalue weighted by Gasteiger charge is 2.32. The molecule has 20 heavy (non-hydrogen) atoms. The zero-order valence-corrected chi connectivity index (χ0v) is 12.6. The number of amides is 1. The summed E-state index contributed by atoms with van der Waals surface area (Å²) in [6.07, 6.45) is 1.33. The Morgan fingerprint density at radius 2 is 2.00 bits per heavy atom. The van der Waals surface area contributed by atoms with E-state index in [9.17, 15) is 13.2 Å². The van der Waals surface area contributed by atoms with E-state index in [1.54, 1.807) is 18.2 Å². The van der Waals surface area contributed by atoms with Crippen LogP contribution in [0.1, 0.15) is 24.0 Å². The maximum absolute atomic E-state index is 12.6. The average Bonchev–Trinajstić information content (AvgIpc) is 2.42. The van der Waals surface area contributed by atoms with Gasteiger partial charge in [0.05, 0.1) is 10.8 Å². The van der Waals surface area contributed by atoms with Gasteiger partial charge < -0.3 is 5.73 Å². The van der Waals surface area contributed by atoms with Crippen LogP contribution in [-0.2, 0) is 14.8 Å². The molecule has 0 bridgehead atoms. The summed E-state index contributed by atoms with van der Waals surface area (Å²) in [5, 5.41) is 0. The van der Waals surface area contributed by atoms with E-state index in [1.165, 1.54) is 4.31 Å². The molecular weight excluding hydrogens is 276 g/mol. The molecule has 1 aliphatic rings. The Kier molecular flexibility index (Phi) is 4.15. The van der Waals surface area contributed by atoms with Crippen LogP contribution in [0.5, 0.6) is 0 Å². The topological polar surface area (TPSA) is 80.5 Å². The van der Waals surface area contributed by atoms with Gasteiger partial charge in [-0.3, -0.25) is 4.79 Å². The van der Waals surface area contributed by atoms with Crippen molar-refractivity contribution in [1.82, 2.24) is 4.31 Å². The molecule has 1 saturated heterocycles. The maximum atomic E-state index is 12.6. The third kappa shape index (κ3) is 2.86. The molecule has 0 aliphatic carbocycles. The van der Waals surface area contributed by atoms with Gasteiger partial charge in [0, 0.05) is 13.1 Å². The summed E-state index contributed by atoms with van der Waals surface area (Å²) in [4.78, 5) is 11.5. The highest BCUT2D eigenvalue weighted by atomic mass is 32.2. The summed E-state index contributed by atoms with van der Waals surface area (Å²) in [7, 11) is -3.54. The van der Waals surface area contributed by atoms with Crippen molar-refractivity contribution in [2.75, 3.05) is 13.1 Å². The second-order valence-electron chi connectivity index (χ2n) is 5.35. The summed E-state index contributed by atoms with van der Waals surface area (Å²) in [5.74, 6) is -0.810. The number of carbonyl (C=O) groups is 1. The molecule has 1 amide bonds. The van der Waals surface area contributed by atoms with Gasteiger partial charge in [0.15, 0.2) is 0 Å². The Bertz CT molecular complexity index is 625. The molecule has 110 valence electrons. The van der Waals surface area contributed by atoms with Crippen LogP contribution in [0.3, 0.4) is 0 Å². The van der Waals surface area contributed by atoms with Crippen LogP contribution in [0.4, 0.5) is 0 Å². The molecular formula is C14H20N2O3S. The van der Waals surface area contributed by atoms with Gasteiger partial charge in [0.25, 0.3) is 0 Å². The largest absolute Gasteiger partial charge is 0.369 e. The lowest BCUT2D eigenvalue weighted by Crippen LogP contribution is -2.44. The Labute approximate surface area is 119 Å². The minimum atomic E-state index is -3.54. The van der Waals surface area contributed by atoms with Gasteiger partial charge in [-0.05, 0) is 49.9 Å². The molecule has 1 unspecified atom stereocenters. The quantitative estimate of drug-likeness (QED) is 0.909. The van der Waals surface area contributed by atoms with Crippen LogP contribution in [0.15, 0.2) is 23.1 Å². The summed E-state index contributed by atoms with van der Waals surface area (Å²) in [6, 6.07) is 5.10. The van der Waals surface area contributed by atoms with E-state index in [2.05, 4.69) is 0 Å². The molecule has 1 heterocycles. The molecule has 0 saturated carbocycles. The number of sulfonamides is 1. The normalized spacial score (nSPS) is 20.8. The second-order valence-corrected chi connectivity index (χ2v) is 7.29. The van der Waals surface area contributed by atoms with Gasteiger partial charge in [-0.1, -0.05) is 6.07 Å². The highest BCUT2D eigenvalue weighted by Crippen LogP contribution is 2.24. The number of hydrogen-bond donors (Lipinski definition) is 1. The molecule has 1 aromatic carbocycles. The first-order chi connectivity index (χ1) is 9.32. The molecule has 2 N–H and O–H groups in total. The smallest absolute Gasteiger partial charge is 0.243 e. The first-order valence-corrected chi connectivity index (χ1v) is 8.13. The first-order valence-electron chi connectivity index (χ1n) is 6.69.